The topological polar surface area (TPSA) is 49.3 Å². The summed E-state index contributed by atoms with van der Waals surface area (Å²) in [5, 5.41) is 11.5. The quantitative estimate of drug-likeness (QED) is 0.744. The lowest BCUT2D eigenvalue weighted by molar-refractivity contribution is -0.257. The molecule has 0 bridgehead atoms. The Kier molecular flexibility index (Phi) is 5.69. The number of carbonyl (C=O) groups excluding carboxylic acids is 1. The van der Waals surface area contributed by atoms with Gasteiger partial charge in [-0.05, 0) is 30.3 Å². The Bertz CT molecular complexity index is 861. The minimum absolute atomic E-state index is 0.320. The van der Waals surface area contributed by atoms with Gasteiger partial charge < -0.3 is 10.4 Å². The maximum atomic E-state index is 13.7. The van der Waals surface area contributed by atoms with Crippen molar-refractivity contribution in [3.8, 4) is 0 Å². The Morgan fingerprint density at radius 1 is 0.893 bits per heavy atom. The third-order valence-electron chi connectivity index (χ3n) is 3.81. The van der Waals surface area contributed by atoms with Crippen LogP contribution in [0.15, 0.2) is 42.5 Å². The molecule has 28 heavy (non-hydrogen) atoms. The van der Waals surface area contributed by atoms with E-state index < -0.39 is 58.7 Å². The lowest BCUT2D eigenvalue weighted by Crippen LogP contribution is -2.54. The van der Waals surface area contributed by atoms with Crippen molar-refractivity contribution in [2.45, 2.75) is 24.5 Å². The summed E-state index contributed by atoms with van der Waals surface area (Å²) in [4.78, 5) is 12.0. The summed E-state index contributed by atoms with van der Waals surface area (Å²) in [6.07, 6.45) is -10.4. The zero-order chi connectivity index (χ0) is 21.3. The molecule has 0 saturated heterocycles. The molecule has 0 aliphatic rings. The van der Waals surface area contributed by atoms with E-state index in [9.17, 15) is 45.0 Å². The van der Waals surface area contributed by atoms with E-state index in [1.165, 1.54) is 0 Å². The summed E-state index contributed by atoms with van der Waals surface area (Å²) in [6.45, 7) is -1.06. The van der Waals surface area contributed by atoms with Gasteiger partial charge in [0.2, 0.25) is 0 Å². The van der Waals surface area contributed by atoms with E-state index in [0.717, 1.165) is 0 Å². The van der Waals surface area contributed by atoms with Crippen LogP contribution in [-0.4, -0.2) is 17.2 Å². The predicted octanol–water partition coefficient (Wildman–Crippen LogP) is 4.05. The molecular formula is C17H11F8NO2. The summed E-state index contributed by atoms with van der Waals surface area (Å²) < 4.78 is 105. The van der Waals surface area contributed by atoms with Crippen LogP contribution in [0.5, 0.6) is 0 Å². The first kappa shape index (κ1) is 21.6. The van der Waals surface area contributed by atoms with Gasteiger partial charge in [0.25, 0.3) is 11.5 Å². The molecule has 3 nitrogen and oxygen atoms in total. The number of hydrogen-bond donors (Lipinski definition) is 2. The molecule has 2 rings (SSSR count). The van der Waals surface area contributed by atoms with Crippen LogP contribution < -0.4 is 5.32 Å². The molecule has 2 N–H and O–H groups in total. The highest BCUT2D eigenvalue weighted by molar-refractivity contribution is 5.87. The van der Waals surface area contributed by atoms with Crippen LogP contribution in [0, 0.1) is 11.6 Å². The highest BCUT2D eigenvalue weighted by atomic mass is 19.4. The molecule has 1 atom stereocenters. The van der Waals surface area contributed by atoms with Gasteiger partial charge in [0.15, 0.2) is 0 Å². The zero-order valence-corrected chi connectivity index (χ0v) is 13.6. The zero-order valence-electron chi connectivity index (χ0n) is 13.6. The van der Waals surface area contributed by atoms with E-state index in [1.54, 1.807) is 5.32 Å². The lowest BCUT2D eigenvalue weighted by Gasteiger charge is -2.29. The monoisotopic (exact) mass is 413 g/mol. The van der Waals surface area contributed by atoms with E-state index in [0.29, 0.717) is 42.5 Å². The third-order valence-corrected chi connectivity index (χ3v) is 3.81. The molecule has 0 aliphatic carbocycles. The van der Waals surface area contributed by atoms with Crippen molar-refractivity contribution in [3.05, 3.63) is 70.8 Å². The van der Waals surface area contributed by atoms with Gasteiger partial charge in [0.1, 0.15) is 11.6 Å². The Morgan fingerprint density at radius 2 is 1.43 bits per heavy atom. The van der Waals surface area contributed by atoms with Crippen molar-refractivity contribution in [2.24, 2.45) is 0 Å². The van der Waals surface area contributed by atoms with Gasteiger partial charge in [-0.15, -0.1) is 0 Å². The Labute approximate surface area is 152 Å². The standard InChI is InChI=1S/C17H11F8NO2/c18-12-4-1-10(2-5-12)15(28,17(23,24)25)14(27)26-8-9-7-11(16(20,21)22)3-6-13(9)19/h1-7,28H,8H2,(H,26,27)/t15-/m0/s1. The molecule has 0 spiro atoms. The smallest absolute Gasteiger partial charge is 0.369 e. The first-order chi connectivity index (χ1) is 12.8. The number of nitrogens with one attached hydrogen (secondary N) is 1. The Morgan fingerprint density at radius 3 is 1.93 bits per heavy atom. The molecule has 2 aromatic rings. The predicted molar refractivity (Wildman–Crippen MR) is 79.6 cm³/mol. The van der Waals surface area contributed by atoms with Crippen molar-refractivity contribution >= 4 is 5.91 Å². The highest BCUT2D eigenvalue weighted by Crippen LogP contribution is 2.39. The van der Waals surface area contributed by atoms with Crippen molar-refractivity contribution in [3.63, 3.8) is 0 Å². The van der Waals surface area contributed by atoms with Crippen LogP contribution in [0.1, 0.15) is 16.7 Å². The van der Waals surface area contributed by atoms with Gasteiger partial charge in [-0.3, -0.25) is 4.79 Å². The maximum absolute atomic E-state index is 13.7. The summed E-state index contributed by atoms with van der Waals surface area (Å²) in [5.41, 5.74) is -7.17. The minimum atomic E-state index is -5.55. The van der Waals surface area contributed by atoms with Crippen LogP contribution in [0.2, 0.25) is 0 Å². The molecule has 0 radical (unpaired) electrons. The van der Waals surface area contributed by atoms with Crippen molar-refractivity contribution in [1.29, 1.82) is 0 Å². The molecule has 1 amide bonds. The van der Waals surface area contributed by atoms with Gasteiger partial charge in [-0.1, -0.05) is 12.1 Å². The average molecular weight is 413 g/mol. The molecule has 2 aromatic carbocycles. The summed E-state index contributed by atoms with van der Waals surface area (Å²) in [7, 11) is 0. The first-order valence-electron chi connectivity index (χ1n) is 7.46. The first-order valence-corrected chi connectivity index (χ1v) is 7.46. The van der Waals surface area contributed by atoms with Gasteiger partial charge >= 0.3 is 12.4 Å². The van der Waals surface area contributed by atoms with Crippen LogP contribution in [-0.2, 0) is 23.1 Å². The largest absolute Gasteiger partial charge is 0.430 e. The summed E-state index contributed by atoms with van der Waals surface area (Å²) in [5.74, 6) is -4.20. The van der Waals surface area contributed by atoms with Crippen molar-refractivity contribution in [1.82, 2.24) is 5.32 Å². The number of alkyl halides is 6. The summed E-state index contributed by atoms with van der Waals surface area (Å²) >= 11 is 0. The molecule has 152 valence electrons. The maximum Gasteiger partial charge on any atom is 0.430 e. The lowest BCUT2D eigenvalue weighted by atomic mass is 9.92. The molecule has 0 saturated carbocycles. The van der Waals surface area contributed by atoms with Gasteiger partial charge in [-0.25, -0.2) is 8.78 Å². The van der Waals surface area contributed by atoms with Crippen molar-refractivity contribution < 1.29 is 45.0 Å². The van der Waals surface area contributed by atoms with Crippen LogP contribution in [0.25, 0.3) is 0 Å². The summed E-state index contributed by atoms with van der Waals surface area (Å²) in [6, 6.07) is 3.38. The highest BCUT2D eigenvalue weighted by Gasteiger charge is 2.60. The third kappa shape index (κ3) is 4.24. The average Bonchev–Trinajstić information content (AvgIpc) is 2.58. The number of carbonyl (C=O) groups is 1. The van der Waals surface area contributed by atoms with E-state index in [2.05, 4.69) is 0 Å². The number of benzene rings is 2. The van der Waals surface area contributed by atoms with Crippen LogP contribution in [0.3, 0.4) is 0 Å². The van der Waals surface area contributed by atoms with E-state index >= 15 is 0 Å². The minimum Gasteiger partial charge on any atom is -0.369 e. The molecular weight excluding hydrogens is 402 g/mol. The number of aliphatic hydroxyl groups is 1. The molecule has 11 heteroatoms. The van der Waals surface area contributed by atoms with Crippen LogP contribution in [0.4, 0.5) is 35.1 Å². The SMILES string of the molecule is O=C(NCc1cc(C(F)(F)F)ccc1F)[C@@](O)(c1ccc(F)cc1)C(F)(F)F. The van der Waals surface area contributed by atoms with E-state index in [1.807, 2.05) is 0 Å². The van der Waals surface area contributed by atoms with Crippen LogP contribution >= 0.6 is 0 Å². The normalized spacial score (nSPS) is 14.5. The molecule has 0 fully saturated rings. The Hall–Kier alpha value is -2.69. The molecule has 0 aromatic heterocycles. The number of amides is 1. The molecule has 0 unspecified atom stereocenters. The number of hydrogen-bond acceptors (Lipinski definition) is 2. The fourth-order valence-corrected chi connectivity index (χ4v) is 2.30. The van der Waals surface area contributed by atoms with Gasteiger partial charge in [-0.2, -0.15) is 26.3 Å². The fourth-order valence-electron chi connectivity index (χ4n) is 2.30. The number of rotatable bonds is 4. The van der Waals surface area contributed by atoms with Crippen molar-refractivity contribution in [2.75, 3.05) is 0 Å². The Balaban J connectivity index is 2.32. The van der Waals surface area contributed by atoms with Gasteiger partial charge in [0.05, 0.1) is 5.56 Å². The second-order valence-electron chi connectivity index (χ2n) is 5.70. The van der Waals surface area contributed by atoms with E-state index in [-0.39, 0.29) is 0 Å². The van der Waals surface area contributed by atoms with Gasteiger partial charge in [0, 0.05) is 17.7 Å². The molecule has 0 aliphatic heterocycles. The number of halogens is 8. The molecule has 0 heterocycles. The second kappa shape index (κ2) is 7.38. The van der Waals surface area contributed by atoms with E-state index in [4.69, 9.17) is 0 Å². The fraction of sp³-hybridized carbons (Fsp3) is 0.235. The second-order valence-corrected chi connectivity index (χ2v) is 5.70.